The van der Waals surface area contributed by atoms with Crippen LogP contribution in [0.1, 0.15) is 22.4 Å². The van der Waals surface area contributed by atoms with Crippen LogP contribution >= 0.6 is 11.3 Å². The molecule has 0 radical (unpaired) electrons. The first kappa shape index (κ1) is 17.8. The lowest BCUT2D eigenvalue weighted by Gasteiger charge is -2.02. The van der Waals surface area contributed by atoms with Gasteiger partial charge in [0.15, 0.2) is 5.13 Å². The first-order chi connectivity index (χ1) is 12.6. The van der Waals surface area contributed by atoms with Gasteiger partial charge in [-0.05, 0) is 17.5 Å². The van der Waals surface area contributed by atoms with Gasteiger partial charge in [-0.25, -0.2) is 4.98 Å². The topological polar surface area (TPSA) is 85.1 Å². The monoisotopic (exact) mass is 367 g/mol. The van der Waals surface area contributed by atoms with E-state index in [9.17, 15) is 14.9 Å². The molecule has 0 atom stereocenters. The summed E-state index contributed by atoms with van der Waals surface area (Å²) < 4.78 is 0. The van der Waals surface area contributed by atoms with Crippen LogP contribution in [0.5, 0.6) is 0 Å². The van der Waals surface area contributed by atoms with Gasteiger partial charge in [-0.3, -0.25) is 14.9 Å². The molecule has 1 N–H and O–H groups in total. The van der Waals surface area contributed by atoms with Gasteiger partial charge in [0.25, 0.3) is 5.69 Å². The first-order valence-electron chi connectivity index (χ1n) is 8.12. The molecule has 1 heterocycles. The van der Waals surface area contributed by atoms with E-state index in [0.29, 0.717) is 24.4 Å². The third-order valence-corrected chi connectivity index (χ3v) is 4.70. The van der Waals surface area contributed by atoms with Crippen molar-refractivity contribution < 1.29 is 9.72 Å². The smallest absolute Gasteiger partial charge is 0.269 e. The zero-order valence-electron chi connectivity index (χ0n) is 13.9. The van der Waals surface area contributed by atoms with E-state index in [1.54, 1.807) is 18.3 Å². The predicted octanol–water partition coefficient (Wildman–Crippen LogP) is 4.21. The van der Waals surface area contributed by atoms with Gasteiger partial charge < -0.3 is 5.32 Å². The highest BCUT2D eigenvalue weighted by molar-refractivity contribution is 7.15. The van der Waals surface area contributed by atoms with Gasteiger partial charge in [-0.15, -0.1) is 11.3 Å². The fraction of sp³-hybridized carbons (Fsp3) is 0.158. The van der Waals surface area contributed by atoms with E-state index in [-0.39, 0.29) is 11.6 Å². The van der Waals surface area contributed by atoms with Crippen LogP contribution < -0.4 is 5.32 Å². The van der Waals surface area contributed by atoms with Crippen molar-refractivity contribution in [3.05, 3.63) is 86.9 Å². The number of carbonyl (C=O) groups is 1. The lowest BCUT2D eigenvalue weighted by Crippen LogP contribution is -2.11. The average Bonchev–Trinajstić information content (AvgIpc) is 3.08. The molecule has 7 heteroatoms. The molecule has 6 nitrogen and oxygen atoms in total. The number of nitrogens with one attached hydrogen (secondary N) is 1. The molecule has 0 unspecified atom stereocenters. The minimum Gasteiger partial charge on any atom is -0.302 e. The summed E-state index contributed by atoms with van der Waals surface area (Å²) in [5.41, 5.74) is 2.03. The van der Waals surface area contributed by atoms with E-state index in [0.717, 1.165) is 16.0 Å². The number of nitro benzene ring substituents is 1. The highest BCUT2D eigenvalue weighted by atomic mass is 32.1. The summed E-state index contributed by atoms with van der Waals surface area (Å²) in [6.07, 6.45) is 3.30. The van der Waals surface area contributed by atoms with Gasteiger partial charge in [0.05, 0.1) is 4.92 Å². The van der Waals surface area contributed by atoms with Crippen LogP contribution in [0.25, 0.3) is 0 Å². The van der Waals surface area contributed by atoms with Gasteiger partial charge in [0, 0.05) is 36.0 Å². The number of hydrogen-bond acceptors (Lipinski definition) is 5. The molecule has 0 bridgehead atoms. The highest BCUT2D eigenvalue weighted by Gasteiger charge is 2.10. The van der Waals surface area contributed by atoms with Crippen molar-refractivity contribution in [3.8, 4) is 0 Å². The Morgan fingerprint density at radius 2 is 1.88 bits per heavy atom. The van der Waals surface area contributed by atoms with E-state index in [2.05, 4.69) is 10.3 Å². The second kappa shape index (κ2) is 8.35. The Balaban J connectivity index is 1.55. The number of carbonyl (C=O) groups excluding carboxylic acids is 1. The molecule has 0 fully saturated rings. The van der Waals surface area contributed by atoms with Crippen LogP contribution in [0.15, 0.2) is 60.8 Å². The van der Waals surface area contributed by atoms with E-state index in [1.165, 1.54) is 17.4 Å². The minimum atomic E-state index is -0.408. The Morgan fingerprint density at radius 3 is 2.65 bits per heavy atom. The maximum absolute atomic E-state index is 12.1. The van der Waals surface area contributed by atoms with Crippen molar-refractivity contribution in [2.75, 3.05) is 5.32 Å². The second-order valence-corrected chi connectivity index (χ2v) is 6.88. The normalized spacial score (nSPS) is 10.5. The van der Waals surface area contributed by atoms with E-state index in [1.807, 2.05) is 36.4 Å². The third-order valence-electron chi connectivity index (χ3n) is 3.78. The van der Waals surface area contributed by atoms with Crippen LogP contribution in [-0.2, 0) is 17.6 Å². The molecular formula is C19H17N3O3S. The van der Waals surface area contributed by atoms with Crippen molar-refractivity contribution in [1.82, 2.24) is 4.98 Å². The van der Waals surface area contributed by atoms with Crippen LogP contribution in [-0.4, -0.2) is 15.8 Å². The van der Waals surface area contributed by atoms with Crippen molar-refractivity contribution in [3.63, 3.8) is 0 Å². The van der Waals surface area contributed by atoms with Gasteiger partial charge in [0.1, 0.15) is 0 Å². The summed E-state index contributed by atoms with van der Waals surface area (Å²) in [4.78, 5) is 27.6. The first-order valence-corrected chi connectivity index (χ1v) is 8.93. The second-order valence-electron chi connectivity index (χ2n) is 5.77. The summed E-state index contributed by atoms with van der Waals surface area (Å²) in [5, 5.41) is 14.2. The molecule has 0 saturated carbocycles. The molecule has 0 aliphatic rings. The summed E-state index contributed by atoms with van der Waals surface area (Å²) in [6, 6.07) is 16.4. The standard InChI is InChI=1S/C19H17N3O3S/c23-18(10-9-14-5-2-1-3-6-14)21-19-20-13-17(26-19)12-15-7-4-8-16(11-15)22(24)25/h1-8,11,13H,9-10,12H2,(H,20,21,23). The van der Waals surface area contributed by atoms with Crippen LogP contribution in [0.4, 0.5) is 10.8 Å². The summed E-state index contributed by atoms with van der Waals surface area (Å²) in [5.74, 6) is -0.0786. The summed E-state index contributed by atoms with van der Waals surface area (Å²) in [6.45, 7) is 0. The maximum Gasteiger partial charge on any atom is 0.269 e. The molecule has 3 aromatic rings. The number of hydrogen-bond donors (Lipinski definition) is 1. The van der Waals surface area contributed by atoms with E-state index >= 15 is 0 Å². The van der Waals surface area contributed by atoms with E-state index in [4.69, 9.17) is 0 Å². The number of amides is 1. The Kier molecular flexibility index (Phi) is 5.70. The number of anilines is 1. The Labute approximate surface area is 154 Å². The molecule has 1 aromatic heterocycles. The zero-order valence-corrected chi connectivity index (χ0v) is 14.7. The van der Waals surface area contributed by atoms with Crippen LogP contribution in [0.3, 0.4) is 0 Å². The zero-order chi connectivity index (χ0) is 18.4. The molecule has 1 amide bonds. The fourth-order valence-corrected chi connectivity index (χ4v) is 3.38. The molecule has 2 aromatic carbocycles. The third kappa shape index (κ3) is 4.97. The van der Waals surface area contributed by atoms with Gasteiger partial charge in [0.2, 0.25) is 5.91 Å². The van der Waals surface area contributed by atoms with Gasteiger partial charge >= 0.3 is 0 Å². The Morgan fingerprint density at radius 1 is 1.12 bits per heavy atom. The number of nitro groups is 1. The lowest BCUT2D eigenvalue weighted by molar-refractivity contribution is -0.384. The molecule has 26 heavy (non-hydrogen) atoms. The molecule has 0 saturated heterocycles. The van der Waals surface area contributed by atoms with Crippen LogP contribution in [0, 0.1) is 10.1 Å². The Bertz CT molecular complexity index is 909. The Hall–Kier alpha value is -3.06. The number of aryl methyl sites for hydroxylation is 1. The predicted molar refractivity (Wildman–Crippen MR) is 101 cm³/mol. The van der Waals surface area contributed by atoms with Crippen molar-refractivity contribution in [1.29, 1.82) is 0 Å². The maximum atomic E-state index is 12.1. The van der Waals surface area contributed by atoms with Crippen molar-refractivity contribution in [2.24, 2.45) is 0 Å². The quantitative estimate of drug-likeness (QED) is 0.501. The van der Waals surface area contributed by atoms with E-state index < -0.39 is 4.92 Å². The van der Waals surface area contributed by atoms with Gasteiger partial charge in [-0.2, -0.15) is 0 Å². The molecule has 3 rings (SSSR count). The van der Waals surface area contributed by atoms with Crippen molar-refractivity contribution >= 4 is 28.1 Å². The number of benzene rings is 2. The van der Waals surface area contributed by atoms with Crippen LogP contribution in [0.2, 0.25) is 0 Å². The number of thiazole rings is 1. The summed E-state index contributed by atoms with van der Waals surface area (Å²) >= 11 is 1.38. The number of aromatic nitrogens is 1. The number of nitrogens with zero attached hydrogens (tertiary/aromatic N) is 2. The highest BCUT2D eigenvalue weighted by Crippen LogP contribution is 2.23. The molecular weight excluding hydrogens is 350 g/mol. The summed E-state index contributed by atoms with van der Waals surface area (Å²) in [7, 11) is 0. The SMILES string of the molecule is O=C(CCc1ccccc1)Nc1ncc(Cc2cccc([N+](=O)[O-])c2)s1. The molecule has 0 aliphatic carbocycles. The number of rotatable bonds is 7. The average molecular weight is 367 g/mol. The van der Waals surface area contributed by atoms with Gasteiger partial charge in [-0.1, -0.05) is 42.5 Å². The van der Waals surface area contributed by atoms with Crippen molar-refractivity contribution in [2.45, 2.75) is 19.3 Å². The fourth-order valence-electron chi connectivity index (χ4n) is 2.51. The number of non-ortho nitro benzene ring substituents is 1. The largest absolute Gasteiger partial charge is 0.302 e. The molecule has 0 aliphatic heterocycles. The molecule has 132 valence electrons. The minimum absolute atomic E-state index is 0.0708. The lowest BCUT2D eigenvalue weighted by atomic mass is 10.1. The molecule has 0 spiro atoms.